The van der Waals surface area contributed by atoms with E-state index in [0.29, 0.717) is 13.0 Å². The van der Waals surface area contributed by atoms with Crippen LogP contribution in [0.15, 0.2) is 0 Å². The third-order valence-electron chi connectivity index (χ3n) is 4.50. The summed E-state index contributed by atoms with van der Waals surface area (Å²) in [4.78, 5) is 0. The summed E-state index contributed by atoms with van der Waals surface area (Å²) in [5.41, 5.74) is 0. The Labute approximate surface area is 121 Å². The van der Waals surface area contributed by atoms with E-state index in [1.807, 2.05) is 0 Å². The Morgan fingerprint density at radius 2 is 1.95 bits per heavy atom. The van der Waals surface area contributed by atoms with Crippen molar-refractivity contribution in [3.8, 4) is 0 Å². The van der Waals surface area contributed by atoms with Crippen LogP contribution in [0.3, 0.4) is 0 Å². The lowest BCUT2D eigenvalue weighted by atomic mass is 9.96. The summed E-state index contributed by atoms with van der Waals surface area (Å²) in [6.07, 6.45) is 4.41. The smallest absolute Gasteiger partial charge is 0.282 e. The molecular formula is C13H26FN3O2S. The highest BCUT2D eigenvalue weighted by atomic mass is 32.2. The molecule has 2 aliphatic rings. The average Bonchev–Trinajstić information content (AvgIpc) is 2.81. The number of hydrogen-bond acceptors (Lipinski definition) is 3. The van der Waals surface area contributed by atoms with E-state index in [9.17, 15) is 12.8 Å². The molecule has 0 amide bonds. The molecule has 0 aromatic rings. The molecule has 0 radical (unpaired) electrons. The maximum Gasteiger partial charge on any atom is 0.282 e. The first-order valence-corrected chi connectivity index (χ1v) is 8.90. The van der Waals surface area contributed by atoms with Gasteiger partial charge in [-0.15, -0.1) is 0 Å². The molecule has 20 heavy (non-hydrogen) atoms. The van der Waals surface area contributed by atoms with Crippen molar-refractivity contribution in [3.63, 3.8) is 0 Å². The Morgan fingerprint density at radius 1 is 1.30 bits per heavy atom. The third kappa shape index (κ3) is 3.32. The second kappa shape index (κ2) is 6.68. The standard InChI is InChI=1S/C13H26FN3O2S/c1-15-9-13-8-11(14)10-17(13)20(18,19)16(2)12-6-4-3-5-7-12/h11-13,15H,3-10H2,1-2H3/t11-,13-/m0/s1. The molecule has 0 spiro atoms. The van der Waals surface area contributed by atoms with Crippen LogP contribution in [0, 0.1) is 0 Å². The number of likely N-dealkylation sites (N-methyl/N-ethyl adjacent to an activating group) is 1. The Hall–Kier alpha value is -0.240. The zero-order chi connectivity index (χ0) is 14.8. The van der Waals surface area contributed by atoms with E-state index in [4.69, 9.17) is 0 Å². The van der Waals surface area contributed by atoms with Gasteiger partial charge in [0, 0.05) is 32.2 Å². The molecule has 2 rings (SSSR count). The van der Waals surface area contributed by atoms with Gasteiger partial charge in [0.05, 0.1) is 0 Å². The monoisotopic (exact) mass is 307 g/mol. The van der Waals surface area contributed by atoms with E-state index in [1.54, 1.807) is 14.1 Å². The van der Waals surface area contributed by atoms with Crippen LogP contribution in [0.4, 0.5) is 4.39 Å². The van der Waals surface area contributed by atoms with Crippen LogP contribution in [0.2, 0.25) is 0 Å². The fourth-order valence-electron chi connectivity index (χ4n) is 3.33. The number of alkyl halides is 1. The Balaban J connectivity index is 2.11. The number of rotatable bonds is 5. The van der Waals surface area contributed by atoms with Gasteiger partial charge in [-0.05, 0) is 26.3 Å². The molecule has 2 atom stereocenters. The largest absolute Gasteiger partial charge is 0.318 e. The third-order valence-corrected chi connectivity index (χ3v) is 6.57. The van der Waals surface area contributed by atoms with E-state index >= 15 is 0 Å². The Kier molecular flexibility index (Phi) is 5.39. The Bertz CT molecular complexity index is 412. The summed E-state index contributed by atoms with van der Waals surface area (Å²) in [6, 6.07) is -0.200. The van der Waals surface area contributed by atoms with Crippen LogP contribution in [0.1, 0.15) is 38.5 Å². The number of nitrogens with one attached hydrogen (secondary N) is 1. The SMILES string of the molecule is CNC[C@@H]1C[C@H](F)CN1S(=O)(=O)N(C)C1CCCCC1. The zero-order valence-electron chi connectivity index (χ0n) is 12.4. The lowest BCUT2D eigenvalue weighted by Crippen LogP contribution is -2.50. The van der Waals surface area contributed by atoms with Gasteiger partial charge in [0.25, 0.3) is 10.2 Å². The minimum Gasteiger partial charge on any atom is -0.318 e. The van der Waals surface area contributed by atoms with Crippen molar-refractivity contribution in [2.45, 2.75) is 56.8 Å². The first-order chi connectivity index (χ1) is 9.46. The second-order valence-electron chi connectivity index (χ2n) is 5.93. The van der Waals surface area contributed by atoms with Gasteiger partial charge < -0.3 is 5.32 Å². The highest BCUT2D eigenvalue weighted by Gasteiger charge is 2.42. The topological polar surface area (TPSA) is 52.7 Å². The van der Waals surface area contributed by atoms with Gasteiger partial charge in [0.2, 0.25) is 0 Å². The summed E-state index contributed by atoms with van der Waals surface area (Å²) in [7, 11) is -0.145. The number of hydrogen-bond donors (Lipinski definition) is 1. The predicted octanol–water partition coefficient (Wildman–Crippen LogP) is 1.13. The maximum absolute atomic E-state index is 13.6. The fraction of sp³-hybridized carbons (Fsp3) is 1.00. The van der Waals surface area contributed by atoms with Crippen molar-refractivity contribution in [2.24, 2.45) is 0 Å². The summed E-state index contributed by atoms with van der Waals surface area (Å²) in [5, 5.41) is 2.96. The van der Waals surface area contributed by atoms with Crippen LogP contribution < -0.4 is 5.32 Å². The molecule has 1 heterocycles. The minimum absolute atomic E-state index is 0.00819. The molecule has 1 aliphatic carbocycles. The quantitative estimate of drug-likeness (QED) is 0.828. The van der Waals surface area contributed by atoms with E-state index in [2.05, 4.69) is 5.32 Å². The van der Waals surface area contributed by atoms with Gasteiger partial charge in [-0.1, -0.05) is 19.3 Å². The molecule has 2 fully saturated rings. The first kappa shape index (κ1) is 16.1. The van der Waals surface area contributed by atoms with E-state index in [0.717, 1.165) is 25.7 Å². The molecule has 7 heteroatoms. The Morgan fingerprint density at radius 3 is 2.55 bits per heavy atom. The first-order valence-electron chi connectivity index (χ1n) is 7.50. The molecule has 1 saturated carbocycles. The number of nitrogens with zero attached hydrogens (tertiary/aromatic N) is 2. The van der Waals surface area contributed by atoms with Gasteiger partial charge in [0.15, 0.2) is 0 Å². The van der Waals surface area contributed by atoms with Gasteiger partial charge >= 0.3 is 0 Å². The molecule has 0 bridgehead atoms. The molecule has 1 aliphatic heterocycles. The highest BCUT2D eigenvalue weighted by molar-refractivity contribution is 7.86. The van der Waals surface area contributed by atoms with Crippen LogP contribution >= 0.6 is 0 Å². The van der Waals surface area contributed by atoms with Crippen molar-refractivity contribution < 1.29 is 12.8 Å². The highest BCUT2D eigenvalue weighted by Crippen LogP contribution is 2.29. The molecule has 0 aromatic carbocycles. The summed E-state index contributed by atoms with van der Waals surface area (Å²) >= 11 is 0. The normalized spacial score (nSPS) is 30.2. The van der Waals surface area contributed by atoms with Crippen molar-refractivity contribution in [1.29, 1.82) is 0 Å². The summed E-state index contributed by atoms with van der Waals surface area (Å²) in [6.45, 7) is 0.490. The van der Waals surface area contributed by atoms with Crippen molar-refractivity contribution in [3.05, 3.63) is 0 Å². The van der Waals surface area contributed by atoms with Crippen molar-refractivity contribution in [1.82, 2.24) is 13.9 Å². The zero-order valence-corrected chi connectivity index (χ0v) is 13.2. The van der Waals surface area contributed by atoms with Crippen LogP contribution in [-0.4, -0.2) is 62.5 Å². The van der Waals surface area contributed by atoms with Crippen LogP contribution in [0.5, 0.6) is 0 Å². The van der Waals surface area contributed by atoms with E-state index < -0.39 is 16.4 Å². The molecule has 5 nitrogen and oxygen atoms in total. The summed E-state index contributed by atoms with van der Waals surface area (Å²) < 4.78 is 41.9. The van der Waals surface area contributed by atoms with Crippen LogP contribution in [0.25, 0.3) is 0 Å². The molecule has 118 valence electrons. The second-order valence-corrected chi connectivity index (χ2v) is 7.87. The summed E-state index contributed by atoms with van der Waals surface area (Å²) in [5.74, 6) is 0. The van der Waals surface area contributed by atoms with Gasteiger partial charge in [0.1, 0.15) is 6.17 Å². The molecule has 1 saturated heterocycles. The van der Waals surface area contributed by atoms with Crippen molar-refractivity contribution in [2.75, 3.05) is 27.2 Å². The van der Waals surface area contributed by atoms with E-state index in [-0.39, 0.29) is 18.6 Å². The molecule has 1 N–H and O–H groups in total. The van der Waals surface area contributed by atoms with Crippen molar-refractivity contribution >= 4 is 10.2 Å². The molecular weight excluding hydrogens is 281 g/mol. The maximum atomic E-state index is 13.6. The lowest BCUT2D eigenvalue weighted by molar-refractivity contribution is 0.255. The van der Waals surface area contributed by atoms with Gasteiger partial charge in [-0.2, -0.15) is 17.0 Å². The van der Waals surface area contributed by atoms with Gasteiger partial charge in [-0.3, -0.25) is 0 Å². The minimum atomic E-state index is -3.56. The average molecular weight is 307 g/mol. The number of halogens is 1. The lowest BCUT2D eigenvalue weighted by Gasteiger charge is -2.35. The predicted molar refractivity (Wildman–Crippen MR) is 77.5 cm³/mol. The fourth-order valence-corrected chi connectivity index (χ4v) is 5.14. The van der Waals surface area contributed by atoms with E-state index in [1.165, 1.54) is 15.0 Å². The molecule has 0 aromatic heterocycles. The molecule has 0 unspecified atom stereocenters. The van der Waals surface area contributed by atoms with Crippen LogP contribution in [-0.2, 0) is 10.2 Å². The van der Waals surface area contributed by atoms with Gasteiger partial charge in [-0.25, -0.2) is 4.39 Å².